The first-order valence-corrected chi connectivity index (χ1v) is 18.1. The number of esters is 1. The van der Waals surface area contributed by atoms with E-state index in [-0.39, 0.29) is 51.7 Å². The van der Waals surface area contributed by atoms with Crippen molar-refractivity contribution in [3.8, 4) is 11.8 Å². The Bertz CT molecular complexity index is 1630. The van der Waals surface area contributed by atoms with E-state index in [9.17, 15) is 9.90 Å². The maximum Gasteiger partial charge on any atom is 0.313 e. The maximum absolute atomic E-state index is 14.4. The fraction of sp³-hybridized carbons (Fsp3) is 0.700. The lowest BCUT2D eigenvalue weighted by atomic mass is 9.33. The highest BCUT2D eigenvalue weighted by Gasteiger charge is 2.69. The number of ether oxygens (including phenoxy) is 1. The summed E-state index contributed by atoms with van der Waals surface area (Å²) in [5, 5.41) is 28.7. The molecule has 1 N–H and O–H groups in total. The molecule has 5 aliphatic carbocycles. The normalized spacial score (nSPS) is 40.0. The number of aliphatic hydroxyl groups excluding tert-OH is 1. The number of hydrogen-bond acceptors (Lipinski definition) is 6. The van der Waals surface area contributed by atoms with Gasteiger partial charge in [-0.2, -0.15) is 5.26 Å². The molecule has 47 heavy (non-hydrogen) atoms. The fourth-order valence-corrected chi connectivity index (χ4v) is 12.1. The van der Waals surface area contributed by atoms with Gasteiger partial charge in [-0.25, -0.2) is 4.68 Å². The van der Waals surface area contributed by atoms with E-state index in [2.05, 4.69) is 70.9 Å². The zero-order valence-electron chi connectivity index (χ0n) is 29.6. The van der Waals surface area contributed by atoms with E-state index in [0.29, 0.717) is 23.1 Å². The van der Waals surface area contributed by atoms with Gasteiger partial charge in [-0.15, -0.1) is 5.10 Å². The topological polar surface area (TPSA) is 101 Å². The second-order valence-electron chi connectivity index (χ2n) is 18.1. The van der Waals surface area contributed by atoms with Crippen molar-refractivity contribution in [3.63, 3.8) is 0 Å². The van der Waals surface area contributed by atoms with Crippen LogP contribution in [0.3, 0.4) is 0 Å². The Labute approximate surface area is 281 Å². The van der Waals surface area contributed by atoms with Crippen molar-refractivity contribution in [1.82, 2.24) is 15.0 Å². The summed E-state index contributed by atoms with van der Waals surface area (Å²) in [4.78, 5) is 14.4. The first kappa shape index (κ1) is 32.6. The molecule has 7 nitrogen and oxygen atoms in total. The van der Waals surface area contributed by atoms with Gasteiger partial charge in [0.25, 0.3) is 0 Å². The molecule has 4 saturated carbocycles. The summed E-state index contributed by atoms with van der Waals surface area (Å²) < 4.78 is 7.86. The van der Waals surface area contributed by atoms with Crippen LogP contribution in [0.4, 0.5) is 0 Å². The zero-order valence-corrected chi connectivity index (χ0v) is 29.6. The Morgan fingerprint density at radius 1 is 0.979 bits per heavy atom. The van der Waals surface area contributed by atoms with Crippen LogP contribution >= 0.6 is 0 Å². The molecular formula is C40H54N4O3. The number of nitrogens with zero attached hydrogens (tertiary/aromatic N) is 4. The van der Waals surface area contributed by atoms with Gasteiger partial charge in [-0.1, -0.05) is 65.3 Å². The third-order valence-corrected chi connectivity index (χ3v) is 15.2. The van der Waals surface area contributed by atoms with E-state index in [1.165, 1.54) is 18.4 Å². The van der Waals surface area contributed by atoms with Crippen molar-refractivity contribution < 1.29 is 14.6 Å². The minimum Gasteiger partial charge on any atom is -0.459 e. The summed E-state index contributed by atoms with van der Waals surface area (Å²) in [6, 6.07) is 9.33. The van der Waals surface area contributed by atoms with Gasteiger partial charge in [0.15, 0.2) is 0 Å². The van der Waals surface area contributed by atoms with Crippen LogP contribution in [0.25, 0.3) is 5.69 Å². The summed E-state index contributed by atoms with van der Waals surface area (Å²) in [6.45, 7) is 17.2. The standard InChI is InChI=1S/C40H54N4O3/c1-35(2)18-20-40(34(46)47-25-27-24-44(43-42-27)28-10-8-26(23-41)9-11-28)21-19-38(6)29(30(40)22-35)12-13-32-37(5)16-15-33(45)36(3,4)31(37)14-17-39(32,38)7/h8-12,24,30-33,45H,13-22,25H2,1-7H3/t30-,31-,32+,33-,37-,38+,39+,40-/m0/s1. The average molecular weight is 639 g/mol. The molecule has 4 fully saturated rings. The zero-order chi connectivity index (χ0) is 33.6. The summed E-state index contributed by atoms with van der Waals surface area (Å²) in [7, 11) is 0. The van der Waals surface area contributed by atoms with Gasteiger partial charge in [-0.05, 0) is 133 Å². The molecule has 1 aromatic carbocycles. The molecule has 0 spiro atoms. The van der Waals surface area contributed by atoms with Crippen LogP contribution in [0.1, 0.15) is 124 Å². The number of aromatic nitrogens is 3. The lowest BCUT2D eigenvalue weighted by molar-refractivity contribution is -0.206. The minimum absolute atomic E-state index is 0.0375. The van der Waals surface area contributed by atoms with E-state index < -0.39 is 5.41 Å². The van der Waals surface area contributed by atoms with Crippen LogP contribution in [-0.2, 0) is 16.1 Å². The number of aliphatic hydroxyl groups is 1. The Morgan fingerprint density at radius 3 is 2.43 bits per heavy atom. The quantitative estimate of drug-likeness (QED) is 0.267. The van der Waals surface area contributed by atoms with Crippen molar-refractivity contribution in [2.75, 3.05) is 0 Å². The average Bonchev–Trinajstić information content (AvgIpc) is 3.51. The van der Waals surface area contributed by atoms with E-state index in [4.69, 9.17) is 10.00 Å². The van der Waals surface area contributed by atoms with Crippen LogP contribution in [0.2, 0.25) is 0 Å². The van der Waals surface area contributed by atoms with Crippen molar-refractivity contribution >= 4 is 5.97 Å². The number of hydrogen-bond donors (Lipinski definition) is 1. The Hall–Kier alpha value is -2.98. The molecule has 7 rings (SSSR count). The molecule has 0 bridgehead atoms. The van der Waals surface area contributed by atoms with Crippen molar-refractivity contribution in [2.24, 2.45) is 50.2 Å². The summed E-state index contributed by atoms with van der Waals surface area (Å²) in [5.41, 5.74) is 3.54. The second-order valence-corrected chi connectivity index (χ2v) is 18.1. The first-order valence-electron chi connectivity index (χ1n) is 18.1. The van der Waals surface area contributed by atoms with Gasteiger partial charge in [-0.3, -0.25) is 4.79 Å². The molecule has 0 amide bonds. The molecule has 5 aliphatic rings. The molecule has 2 aromatic rings. The Morgan fingerprint density at radius 2 is 1.70 bits per heavy atom. The van der Waals surface area contributed by atoms with Crippen LogP contribution < -0.4 is 0 Å². The number of allylic oxidation sites excluding steroid dienone is 2. The SMILES string of the molecule is CC1(C)CC[C@]2(C(=O)OCc3cn(-c4ccc(C#N)cc4)nn3)CC[C@]3(C)C(=CC[C@@H]4[C@@]5(C)CC[C@H](O)C(C)(C)[C@@H]5CC[C@]43C)[C@@H]2C1. The van der Waals surface area contributed by atoms with E-state index in [0.717, 1.165) is 57.1 Å². The number of carbonyl (C=O) groups excluding carboxylic acids is 1. The lowest BCUT2D eigenvalue weighted by Crippen LogP contribution is -2.65. The highest BCUT2D eigenvalue weighted by Crippen LogP contribution is 2.75. The van der Waals surface area contributed by atoms with E-state index in [1.807, 2.05) is 12.1 Å². The summed E-state index contributed by atoms with van der Waals surface area (Å²) >= 11 is 0. The molecular weight excluding hydrogens is 584 g/mol. The van der Waals surface area contributed by atoms with Gasteiger partial charge in [0.05, 0.1) is 35.0 Å². The van der Waals surface area contributed by atoms with Crippen LogP contribution in [-0.4, -0.2) is 32.2 Å². The molecule has 252 valence electrons. The van der Waals surface area contributed by atoms with Crippen molar-refractivity contribution in [3.05, 3.63) is 53.4 Å². The van der Waals surface area contributed by atoms with Gasteiger partial charge in [0.2, 0.25) is 0 Å². The molecule has 0 saturated heterocycles. The van der Waals surface area contributed by atoms with Gasteiger partial charge < -0.3 is 9.84 Å². The van der Waals surface area contributed by atoms with Crippen LogP contribution in [0, 0.1) is 61.6 Å². The van der Waals surface area contributed by atoms with Crippen LogP contribution in [0.5, 0.6) is 0 Å². The van der Waals surface area contributed by atoms with Crippen molar-refractivity contribution in [2.45, 2.75) is 125 Å². The largest absolute Gasteiger partial charge is 0.459 e. The van der Waals surface area contributed by atoms with Gasteiger partial charge in [0, 0.05) is 0 Å². The predicted molar refractivity (Wildman–Crippen MR) is 181 cm³/mol. The Balaban J connectivity index is 1.17. The summed E-state index contributed by atoms with van der Waals surface area (Å²) in [5.74, 6) is 1.21. The highest BCUT2D eigenvalue weighted by atomic mass is 16.5. The number of carbonyl (C=O) groups is 1. The second kappa shape index (κ2) is 10.8. The highest BCUT2D eigenvalue weighted by molar-refractivity contribution is 5.78. The fourth-order valence-electron chi connectivity index (χ4n) is 12.1. The number of nitriles is 1. The first-order chi connectivity index (χ1) is 22.1. The summed E-state index contributed by atoms with van der Waals surface area (Å²) in [6.07, 6.45) is 14.4. The number of rotatable bonds is 4. The van der Waals surface area contributed by atoms with Crippen LogP contribution in [0.15, 0.2) is 42.1 Å². The molecule has 0 radical (unpaired) electrons. The monoisotopic (exact) mass is 638 g/mol. The number of fused-ring (bicyclic) bond motifs is 7. The molecule has 8 atom stereocenters. The number of benzene rings is 1. The van der Waals surface area contributed by atoms with Gasteiger partial charge in [0.1, 0.15) is 12.3 Å². The van der Waals surface area contributed by atoms with E-state index in [1.54, 1.807) is 23.0 Å². The lowest BCUT2D eigenvalue weighted by Gasteiger charge is -2.71. The maximum atomic E-state index is 14.4. The van der Waals surface area contributed by atoms with E-state index >= 15 is 0 Å². The smallest absolute Gasteiger partial charge is 0.313 e. The minimum atomic E-state index is -0.509. The molecule has 0 aliphatic heterocycles. The molecule has 7 heteroatoms. The third kappa shape index (κ3) is 4.71. The van der Waals surface area contributed by atoms with Crippen molar-refractivity contribution in [1.29, 1.82) is 5.26 Å². The van der Waals surface area contributed by atoms with Gasteiger partial charge >= 0.3 is 5.97 Å². The molecule has 1 aromatic heterocycles. The molecule has 1 heterocycles. The molecule has 0 unspecified atom stereocenters. The third-order valence-electron chi connectivity index (χ3n) is 15.2. The predicted octanol–water partition coefficient (Wildman–Crippen LogP) is 8.34. The Kier molecular flexibility index (Phi) is 7.45.